The van der Waals surface area contributed by atoms with E-state index < -0.39 is 9.84 Å². The van der Waals surface area contributed by atoms with Crippen LogP contribution in [0.1, 0.15) is 15.9 Å². The fourth-order valence-electron chi connectivity index (χ4n) is 2.67. The first-order chi connectivity index (χ1) is 13.7. The molecule has 0 saturated heterocycles. The van der Waals surface area contributed by atoms with E-state index in [0.29, 0.717) is 16.3 Å². The van der Waals surface area contributed by atoms with Gasteiger partial charge in [-0.25, -0.2) is 8.42 Å². The summed E-state index contributed by atoms with van der Waals surface area (Å²) in [6, 6.07) is 21.5. The van der Waals surface area contributed by atoms with Gasteiger partial charge in [0.2, 0.25) is 0 Å². The first-order valence-electron chi connectivity index (χ1n) is 8.79. The van der Waals surface area contributed by atoms with Crippen LogP contribution in [0.3, 0.4) is 0 Å². The summed E-state index contributed by atoms with van der Waals surface area (Å²) in [6.45, 7) is 0. The van der Waals surface area contributed by atoms with Crippen molar-refractivity contribution in [3.8, 4) is 0 Å². The molecule has 0 aliphatic rings. The highest BCUT2D eigenvalue weighted by atomic mass is 35.5. The van der Waals surface area contributed by atoms with Crippen LogP contribution in [0.15, 0.2) is 82.6 Å². The first kappa shape index (κ1) is 21.4. The largest absolute Gasteiger partial charge is 0.311 e. The molecule has 0 aliphatic carbocycles. The maximum absolute atomic E-state index is 12.7. The molecule has 0 aliphatic heterocycles. The summed E-state index contributed by atoms with van der Waals surface area (Å²) in [5.41, 5.74) is 2.31. The monoisotopic (exact) mass is 445 g/mol. The van der Waals surface area contributed by atoms with Crippen molar-refractivity contribution in [2.24, 2.45) is 0 Å². The van der Waals surface area contributed by atoms with Crippen LogP contribution in [0, 0.1) is 0 Å². The maximum Gasteiger partial charge on any atom is 0.258 e. The highest BCUT2D eigenvalue weighted by Gasteiger charge is 2.15. The Morgan fingerprint density at radius 3 is 2.07 bits per heavy atom. The molecule has 7 heteroatoms. The summed E-state index contributed by atoms with van der Waals surface area (Å²) < 4.78 is 23.1. The van der Waals surface area contributed by atoms with Gasteiger partial charge in [0.05, 0.1) is 4.90 Å². The molecule has 3 aromatic rings. The second-order valence-electron chi connectivity index (χ2n) is 6.57. The molecular weight excluding hydrogens is 426 g/mol. The molecule has 0 radical (unpaired) electrons. The molecule has 1 amide bonds. The van der Waals surface area contributed by atoms with Crippen LogP contribution in [-0.2, 0) is 15.6 Å². The van der Waals surface area contributed by atoms with Gasteiger partial charge in [-0.1, -0.05) is 23.7 Å². The third kappa shape index (κ3) is 5.63. The minimum Gasteiger partial charge on any atom is -0.311 e. The number of amides is 1. The summed E-state index contributed by atoms with van der Waals surface area (Å²) in [5.74, 6) is 0.632. The van der Waals surface area contributed by atoms with Gasteiger partial charge >= 0.3 is 0 Å². The third-order valence-electron chi connectivity index (χ3n) is 4.38. The molecule has 0 unspecified atom stereocenters. The van der Waals surface area contributed by atoms with Crippen molar-refractivity contribution in [2.45, 2.75) is 15.5 Å². The van der Waals surface area contributed by atoms with E-state index in [9.17, 15) is 13.2 Å². The van der Waals surface area contributed by atoms with Crippen molar-refractivity contribution in [1.82, 2.24) is 0 Å². The molecule has 0 fully saturated rings. The second-order valence-corrected chi connectivity index (χ2v) is 10.1. The molecule has 150 valence electrons. The minimum absolute atomic E-state index is 0.158. The zero-order valence-electron chi connectivity index (χ0n) is 16.0. The summed E-state index contributed by atoms with van der Waals surface area (Å²) in [6.07, 6.45) is 1.16. The van der Waals surface area contributed by atoms with Gasteiger partial charge in [-0.3, -0.25) is 4.79 Å². The number of thioether (sulfide) groups is 1. The Kier molecular flexibility index (Phi) is 6.67. The molecule has 0 bridgehead atoms. The number of hydrogen-bond donors (Lipinski definition) is 0. The zero-order chi connectivity index (χ0) is 21.0. The van der Waals surface area contributed by atoms with Crippen molar-refractivity contribution in [3.05, 3.63) is 88.9 Å². The molecule has 0 N–H and O–H groups in total. The highest BCUT2D eigenvalue weighted by Crippen LogP contribution is 2.25. The van der Waals surface area contributed by atoms with Gasteiger partial charge in [-0.15, -0.1) is 11.8 Å². The molecule has 3 aromatic carbocycles. The van der Waals surface area contributed by atoms with Crippen LogP contribution in [-0.4, -0.2) is 27.6 Å². The molecular formula is C22H20ClNO3S2. The Morgan fingerprint density at radius 1 is 0.931 bits per heavy atom. The van der Waals surface area contributed by atoms with Gasteiger partial charge in [-0.2, -0.15) is 0 Å². The Bertz CT molecular complexity index is 1090. The lowest BCUT2D eigenvalue weighted by Crippen LogP contribution is -2.26. The van der Waals surface area contributed by atoms with Crippen molar-refractivity contribution < 1.29 is 13.2 Å². The van der Waals surface area contributed by atoms with Gasteiger partial charge in [0.1, 0.15) is 0 Å². The van der Waals surface area contributed by atoms with E-state index in [1.165, 1.54) is 17.0 Å². The number of anilines is 1. The minimum atomic E-state index is -3.26. The topological polar surface area (TPSA) is 54.5 Å². The van der Waals surface area contributed by atoms with Crippen molar-refractivity contribution in [2.75, 3.05) is 18.2 Å². The molecule has 0 spiro atoms. The SMILES string of the molecule is CN(C(=O)c1ccc(CSc2ccc(Cl)cc2)cc1)c1ccc(S(C)(=O)=O)cc1. The normalized spacial score (nSPS) is 11.3. The Morgan fingerprint density at radius 2 is 1.52 bits per heavy atom. The van der Waals surface area contributed by atoms with Crippen molar-refractivity contribution >= 4 is 44.8 Å². The van der Waals surface area contributed by atoms with E-state index in [1.54, 1.807) is 30.9 Å². The van der Waals surface area contributed by atoms with Crippen molar-refractivity contribution in [3.63, 3.8) is 0 Å². The number of carbonyl (C=O) groups is 1. The predicted molar refractivity (Wildman–Crippen MR) is 120 cm³/mol. The standard InChI is InChI=1S/C22H20ClNO3S2/c1-24(19-9-13-21(14-10-19)29(2,26)27)22(25)17-5-3-16(4-6-17)15-28-20-11-7-18(23)8-12-20/h3-14H,15H2,1-2H3. The van der Waals surface area contributed by atoms with E-state index >= 15 is 0 Å². The van der Waals surface area contributed by atoms with Crippen LogP contribution in [0.5, 0.6) is 0 Å². The van der Waals surface area contributed by atoms with Gasteiger partial charge in [0, 0.05) is 40.2 Å². The molecule has 0 saturated carbocycles. The van der Waals surface area contributed by atoms with Gasteiger partial charge in [0.15, 0.2) is 9.84 Å². The van der Waals surface area contributed by atoms with E-state index in [2.05, 4.69) is 0 Å². The van der Waals surface area contributed by atoms with Crippen LogP contribution in [0.25, 0.3) is 0 Å². The van der Waals surface area contributed by atoms with E-state index in [4.69, 9.17) is 11.6 Å². The zero-order valence-corrected chi connectivity index (χ0v) is 18.4. The summed E-state index contributed by atoms with van der Waals surface area (Å²) in [7, 11) is -1.59. The van der Waals surface area contributed by atoms with Gasteiger partial charge in [0.25, 0.3) is 5.91 Å². The maximum atomic E-state index is 12.7. The molecule has 29 heavy (non-hydrogen) atoms. The van der Waals surface area contributed by atoms with Gasteiger partial charge in [-0.05, 0) is 66.2 Å². The van der Waals surface area contributed by atoms with E-state index in [0.717, 1.165) is 22.5 Å². The molecule has 4 nitrogen and oxygen atoms in total. The Balaban J connectivity index is 1.65. The second kappa shape index (κ2) is 9.03. The summed E-state index contributed by atoms with van der Waals surface area (Å²) >= 11 is 7.60. The number of sulfone groups is 1. The lowest BCUT2D eigenvalue weighted by Gasteiger charge is -2.18. The molecule has 3 rings (SSSR count). The van der Waals surface area contributed by atoms with E-state index in [1.807, 2.05) is 48.5 Å². The quantitative estimate of drug-likeness (QED) is 0.482. The van der Waals surface area contributed by atoms with Crippen LogP contribution in [0.2, 0.25) is 5.02 Å². The average molecular weight is 446 g/mol. The third-order valence-corrected chi connectivity index (χ3v) is 6.84. The fourth-order valence-corrected chi connectivity index (χ4v) is 4.28. The fraction of sp³-hybridized carbons (Fsp3) is 0.136. The Labute approximate surface area is 180 Å². The van der Waals surface area contributed by atoms with Gasteiger partial charge < -0.3 is 4.90 Å². The van der Waals surface area contributed by atoms with Crippen molar-refractivity contribution in [1.29, 1.82) is 0 Å². The smallest absolute Gasteiger partial charge is 0.258 e. The number of benzene rings is 3. The summed E-state index contributed by atoms with van der Waals surface area (Å²) in [4.78, 5) is 15.6. The molecule has 0 heterocycles. The predicted octanol–water partition coefficient (Wildman–Crippen LogP) is 5.31. The molecule has 0 atom stereocenters. The van der Waals surface area contributed by atoms with Crippen LogP contribution in [0.4, 0.5) is 5.69 Å². The number of nitrogens with zero attached hydrogens (tertiary/aromatic N) is 1. The number of rotatable bonds is 6. The lowest BCUT2D eigenvalue weighted by atomic mass is 10.1. The average Bonchev–Trinajstić information content (AvgIpc) is 2.72. The number of carbonyl (C=O) groups excluding carboxylic acids is 1. The summed E-state index contributed by atoms with van der Waals surface area (Å²) in [5, 5.41) is 0.715. The highest BCUT2D eigenvalue weighted by molar-refractivity contribution is 7.98. The van der Waals surface area contributed by atoms with E-state index in [-0.39, 0.29) is 10.8 Å². The Hall–Kier alpha value is -2.28. The lowest BCUT2D eigenvalue weighted by molar-refractivity contribution is 0.0993. The molecule has 0 aromatic heterocycles. The van der Waals surface area contributed by atoms with Crippen LogP contribution >= 0.6 is 23.4 Å². The van der Waals surface area contributed by atoms with Crippen LogP contribution < -0.4 is 4.90 Å². The number of halogens is 1. The number of hydrogen-bond acceptors (Lipinski definition) is 4. The first-order valence-corrected chi connectivity index (χ1v) is 12.0.